The van der Waals surface area contributed by atoms with E-state index in [1.54, 1.807) is 4.90 Å². The van der Waals surface area contributed by atoms with Gasteiger partial charge in [0.2, 0.25) is 15.9 Å². The number of carbonyl (C=O) groups is 2. The van der Waals surface area contributed by atoms with E-state index in [0.29, 0.717) is 25.5 Å². The molecular weight excluding hydrogens is 434 g/mol. The molecule has 10 heteroatoms. The largest absolute Gasteiger partial charge is 0.482 e. The fourth-order valence-corrected chi connectivity index (χ4v) is 5.70. The normalized spacial score (nSPS) is 18.8. The molecule has 168 valence electrons. The molecule has 0 radical (unpaired) electrons. The molecule has 0 saturated carbocycles. The van der Waals surface area contributed by atoms with Crippen LogP contribution in [0.1, 0.15) is 5.56 Å². The van der Waals surface area contributed by atoms with Crippen LogP contribution in [0.2, 0.25) is 0 Å². The maximum atomic E-state index is 13.1. The minimum absolute atomic E-state index is 0.0559. The number of benzene rings is 2. The Balaban J connectivity index is 1.43. The Bertz CT molecular complexity index is 1180. The van der Waals surface area contributed by atoms with E-state index in [1.165, 1.54) is 27.4 Å². The highest BCUT2D eigenvalue weighted by Gasteiger charge is 2.34. The third-order valence-corrected chi connectivity index (χ3v) is 7.86. The molecule has 1 fully saturated rings. The number of anilines is 2. The fourth-order valence-electron chi connectivity index (χ4n) is 4.27. The zero-order valence-corrected chi connectivity index (χ0v) is 18.2. The van der Waals surface area contributed by atoms with Gasteiger partial charge in [0.15, 0.2) is 6.61 Å². The lowest BCUT2D eigenvalue weighted by Gasteiger charge is -2.31. The van der Waals surface area contributed by atoms with Crippen molar-refractivity contribution in [2.24, 2.45) is 0 Å². The Hall–Kier alpha value is -2.95. The molecular formula is C22H23N3O6S. The van der Waals surface area contributed by atoms with Gasteiger partial charge in [-0.15, -0.1) is 0 Å². The first-order valence-corrected chi connectivity index (χ1v) is 11.9. The summed E-state index contributed by atoms with van der Waals surface area (Å²) >= 11 is 0. The number of fused-ring (bicyclic) bond motifs is 2. The minimum atomic E-state index is -3.76. The van der Waals surface area contributed by atoms with Gasteiger partial charge in [-0.1, -0.05) is 18.2 Å². The van der Waals surface area contributed by atoms with Crippen molar-refractivity contribution in [2.45, 2.75) is 11.3 Å². The lowest BCUT2D eigenvalue weighted by molar-refractivity contribution is -0.124. The number of morpholine rings is 1. The number of para-hydroxylation sites is 1. The predicted molar refractivity (Wildman–Crippen MR) is 116 cm³/mol. The summed E-state index contributed by atoms with van der Waals surface area (Å²) < 4.78 is 38.3. The van der Waals surface area contributed by atoms with Crippen molar-refractivity contribution in [1.29, 1.82) is 0 Å². The highest BCUT2D eigenvalue weighted by molar-refractivity contribution is 7.89. The number of hydrogen-bond acceptors (Lipinski definition) is 6. The van der Waals surface area contributed by atoms with Crippen molar-refractivity contribution in [3.63, 3.8) is 0 Å². The van der Waals surface area contributed by atoms with E-state index in [4.69, 9.17) is 9.47 Å². The van der Waals surface area contributed by atoms with Crippen molar-refractivity contribution in [2.75, 3.05) is 55.8 Å². The van der Waals surface area contributed by atoms with Crippen LogP contribution in [0.25, 0.3) is 0 Å². The second-order valence-corrected chi connectivity index (χ2v) is 9.78. The number of hydrogen-bond donors (Lipinski definition) is 0. The van der Waals surface area contributed by atoms with Crippen LogP contribution in [0, 0.1) is 0 Å². The fraction of sp³-hybridized carbons (Fsp3) is 0.364. The molecule has 0 N–H and O–H groups in total. The van der Waals surface area contributed by atoms with Gasteiger partial charge >= 0.3 is 0 Å². The van der Waals surface area contributed by atoms with Crippen LogP contribution in [0.5, 0.6) is 5.75 Å². The number of carbonyl (C=O) groups excluding carboxylic acids is 2. The van der Waals surface area contributed by atoms with Gasteiger partial charge in [0.25, 0.3) is 5.91 Å². The van der Waals surface area contributed by atoms with E-state index >= 15 is 0 Å². The molecule has 0 atom stereocenters. The van der Waals surface area contributed by atoms with Gasteiger partial charge in [-0.2, -0.15) is 4.31 Å². The van der Waals surface area contributed by atoms with E-state index in [0.717, 1.165) is 17.7 Å². The van der Waals surface area contributed by atoms with Crippen molar-refractivity contribution >= 4 is 33.2 Å². The summed E-state index contributed by atoms with van der Waals surface area (Å²) in [6, 6.07) is 12.1. The van der Waals surface area contributed by atoms with Gasteiger partial charge in [-0.25, -0.2) is 8.42 Å². The minimum Gasteiger partial charge on any atom is -0.482 e. The standard InChI is InChI=1S/C22H23N3O6S/c26-21(24-8-7-16-3-1-2-4-18(16)24)14-25-19-13-17(5-6-20(19)31-15-22(25)27)32(28,29)23-9-11-30-12-10-23/h1-6,13H,7-12,14-15H2. The van der Waals surface area contributed by atoms with Crippen molar-refractivity contribution in [3.8, 4) is 5.75 Å². The number of sulfonamides is 1. The molecule has 2 amide bonds. The van der Waals surface area contributed by atoms with Crippen molar-refractivity contribution in [3.05, 3.63) is 48.0 Å². The number of rotatable bonds is 4. The average molecular weight is 458 g/mol. The summed E-state index contributed by atoms with van der Waals surface area (Å²) in [5, 5.41) is 0. The molecule has 3 heterocycles. The van der Waals surface area contributed by atoms with Gasteiger partial charge in [-0.3, -0.25) is 14.5 Å². The first kappa shape index (κ1) is 20.9. The van der Waals surface area contributed by atoms with Crippen LogP contribution in [0.3, 0.4) is 0 Å². The van der Waals surface area contributed by atoms with Gasteiger partial charge < -0.3 is 14.4 Å². The molecule has 1 saturated heterocycles. The van der Waals surface area contributed by atoms with E-state index in [9.17, 15) is 18.0 Å². The highest BCUT2D eigenvalue weighted by atomic mass is 32.2. The maximum absolute atomic E-state index is 13.1. The molecule has 0 unspecified atom stereocenters. The average Bonchev–Trinajstić information content (AvgIpc) is 3.25. The Kier molecular flexibility index (Phi) is 5.36. The first-order valence-electron chi connectivity index (χ1n) is 10.5. The third kappa shape index (κ3) is 3.64. The monoisotopic (exact) mass is 457 g/mol. The van der Waals surface area contributed by atoms with Crippen LogP contribution in [-0.4, -0.2) is 70.5 Å². The summed E-state index contributed by atoms with van der Waals surface area (Å²) in [6.07, 6.45) is 0.761. The molecule has 32 heavy (non-hydrogen) atoms. The van der Waals surface area contributed by atoms with Gasteiger partial charge in [0.05, 0.1) is 23.8 Å². The quantitative estimate of drug-likeness (QED) is 0.680. The summed E-state index contributed by atoms with van der Waals surface area (Å²) in [5.74, 6) is -0.239. The first-order chi connectivity index (χ1) is 15.4. The molecule has 0 aliphatic carbocycles. The molecule has 0 spiro atoms. The maximum Gasteiger partial charge on any atom is 0.265 e. The summed E-state index contributed by atoms with van der Waals surface area (Å²) in [7, 11) is -3.76. The van der Waals surface area contributed by atoms with E-state index in [-0.39, 0.29) is 48.6 Å². The van der Waals surface area contributed by atoms with Crippen LogP contribution < -0.4 is 14.5 Å². The molecule has 3 aliphatic rings. The zero-order valence-electron chi connectivity index (χ0n) is 17.4. The Morgan fingerprint density at radius 2 is 1.78 bits per heavy atom. The molecule has 2 aromatic rings. The predicted octanol–water partition coefficient (Wildman–Crippen LogP) is 1.02. The summed E-state index contributed by atoms with van der Waals surface area (Å²) in [6.45, 7) is 1.37. The van der Waals surface area contributed by atoms with Gasteiger partial charge in [0, 0.05) is 25.3 Å². The number of amides is 2. The van der Waals surface area contributed by atoms with Crippen molar-refractivity contribution < 1.29 is 27.5 Å². The van der Waals surface area contributed by atoms with E-state index in [2.05, 4.69) is 0 Å². The number of ether oxygens (including phenoxy) is 2. The van der Waals surface area contributed by atoms with E-state index in [1.807, 2.05) is 24.3 Å². The van der Waals surface area contributed by atoms with E-state index < -0.39 is 10.0 Å². The summed E-state index contributed by atoms with van der Waals surface area (Å²) in [5.41, 5.74) is 2.23. The highest BCUT2D eigenvalue weighted by Crippen LogP contribution is 2.36. The Labute approximate surface area is 186 Å². The lowest BCUT2D eigenvalue weighted by Crippen LogP contribution is -2.46. The molecule has 9 nitrogen and oxygen atoms in total. The third-order valence-electron chi connectivity index (χ3n) is 5.96. The van der Waals surface area contributed by atoms with Gasteiger partial charge in [-0.05, 0) is 36.2 Å². The summed E-state index contributed by atoms with van der Waals surface area (Å²) in [4.78, 5) is 28.8. The van der Waals surface area contributed by atoms with Gasteiger partial charge in [0.1, 0.15) is 12.3 Å². The second kappa shape index (κ2) is 8.19. The molecule has 0 aromatic heterocycles. The second-order valence-electron chi connectivity index (χ2n) is 7.84. The Morgan fingerprint density at radius 3 is 2.59 bits per heavy atom. The molecule has 3 aliphatic heterocycles. The zero-order chi connectivity index (χ0) is 22.3. The van der Waals surface area contributed by atoms with Crippen molar-refractivity contribution in [1.82, 2.24) is 4.31 Å². The molecule has 0 bridgehead atoms. The molecule has 5 rings (SSSR count). The van der Waals surface area contributed by atoms with Crippen LogP contribution in [-0.2, 0) is 30.8 Å². The topological polar surface area (TPSA) is 96.5 Å². The smallest absolute Gasteiger partial charge is 0.265 e. The lowest BCUT2D eigenvalue weighted by atomic mass is 10.2. The van der Waals surface area contributed by atoms with Crippen LogP contribution >= 0.6 is 0 Å². The SMILES string of the molecule is O=C(CN1C(=O)COc2ccc(S(=O)(=O)N3CCOCC3)cc21)N1CCc2ccccc21. The molecule has 2 aromatic carbocycles. The Morgan fingerprint density at radius 1 is 1.00 bits per heavy atom. The number of nitrogens with zero attached hydrogens (tertiary/aromatic N) is 3. The van der Waals surface area contributed by atoms with Crippen LogP contribution in [0.15, 0.2) is 47.4 Å². The van der Waals surface area contributed by atoms with Crippen LogP contribution in [0.4, 0.5) is 11.4 Å².